The lowest BCUT2D eigenvalue weighted by Gasteiger charge is -2.38. The lowest BCUT2D eigenvalue weighted by atomic mass is 10.0. The van der Waals surface area contributed by atoms with E-state index >= 15 is 0 Å². The van der Waals surface area contributed by atoms with E-state index in [9.17, 15) is 4.79 Å². The maximum atomic E-state index is 12.3. The predicted octanol–water partition coefficient (Wildman–Crippen LogP) is 2.11. The Balaban J connectivity index is 1.59. The maximum absolute atomic E-state index is 12.3. The van der Waals surface area contributed by atoms with E-state index in [1.54, 1.807) is 0 Å². The third kappa shape index (κ3) is 5.58. The quantitative estimate of drug-likeness (QED) is 0.821. The number of hydrogen-bond donors (Lipinski definition) is 2. The minimum Gasteiger partial charge on any atom is -0.381 e. The minimum absolute atomic E-state index is 0.0926. The third-order valence-corrected chi connectivity index (χ3v) is 5.50. The van der Waals surface area contributed by atoms with Crippen LogP contribution >= 0.6 is 11.6 Å². The summed E-state index contributed by atoms with van der Waals surface area (Å²) in [6, 6.07) is 8.23. The fourth-order valence-corrected chi connectivity index (χ4v) is 3.67. The fourth-order valence-electron chi connectivity index (χ4n) is 3.54. The third-order valence-electron chi connectivity index (χ3n) is 5.25. The summed E-state index contributed by atoms with van der Waals surface area (Å²) in [4.78, 5) is 17.1. The van der Waals surface area contributed by atoms with Gasteiger partial charge in [0.1, 0.15) is 0 Å². The van der Waals surface area contributed by atoms with Gasteiger partial charge in [0.15, 0.2) is 0 Å². The molecule has 26 heavy (non-hydrogen) atoms. The van der Waals surface area contributed by atoms with Crippen LogP contribution in [0.4, 0.5) is 4.79 Å². The number of nitrogens with one attached hydrogen (secondary N) is 2. The van der Waals surface area contributed by atoms with Crippen molar-refractivity contribution in [3.8, 4) is 0 Å². The number of nitrogens with zero attached hydrogens (tertiary/aromatic N) is 2. The van der Waals surface area contributed by atoms with Crippen LogP contribution in [-0.4, -0.2) is 74.9 Å². The monoisotopic (exact) mass is 380 g/mol. The Hall–Kier alpha value is -1.34. The molecule has 144 valence electrons. The first-order valence-electron chi connectivity index (χ1n) is 9.42. The van der Waals surface area contributed by atoms with Crippen LogP contribution in [0, 0.1) is 0 Å². The summed E-state index contributed by atoms with van der Waals surface area (Å²) in [7, 11) is 2.15. The molecule has 1 atom stereocenters. The molecule has 0 radical (unpaired) electrons. The second kappa shape index (κ2) is 9.55. The highest BCUT2D eigenvalue weighted by Crippen LogP contribution is 2.23. The molecule has 0 aromatic heterocycles. The van der Waals surface area contributed by atoms with E-state index in [1.807, 2.05) is 12.1 Å². The molecule has 0 spiro atoms. The molecule has 6 nitrogen and oxygen atoms in total. The van der Waals surface area contributed by atoms with Crippen molar-refractivity contribution in [1.29, 1.82) is 0 Å². The van der Waals surface area contributed by atoms with E-state index in [0.29, 0.717) is 6.54 Å². The summed E-state index contributed by atoms with van der Waals surface area (Å²) in [6.07, 6.45) is 1.76. The Morgan fingerprint density at radius 3 is 2.50 bits per heavy atom. The highest BCUT2D eigenvalue weighted by atomic mass is 35.5. The van der Waals surface area contributed by atoms with E-state index in [1.165, 1.54) is 5.56 Å². The molecule has 0 saturated carbocycles. The number of likely N-dealkylation sites (N-methyl/N-ethyl adjacent to an activating group) is 1. The topological polar surface area (TPSA) is 56.8 Å². The zero-order chi connectivity index (χ0) is 18.4. The lowest BCUT2D eigenvalue weighted by molar-refractivity contribution is 0.0796. The first-order valence-corrected chi connectivity index (χ1v) is 9.80. The summed E-state index contributed by atoms with van der Waals surface area (Å²) in [5.41, 5.74) is 1.19. The van der Waals surface area contributed by atoms with Gasteiger partial charge < -0.3 is 20.3 Å². The second-order valence-electron chi connectivity index (χ2n) is 7.15. The number of piperazine rings is 1. The number of carbonyl (C=O) groups is 1. The van der Waals surface area contributed by atoms with E-state index in [2.05, 4.69) is 39.6 Å². The second-order valence-corrected chi connectivity index (χ2v) is 7.58. The lowest BCUT2D eigenvalue weighted by Crippen LogP contribution is -2.50. The Morgan fingerprint density at radius 1 is 1.19 bits per heavy atom. The smallest absolute Gasteiger partial charge is 0.315 e. The van der Waals surface area contributed by atoms with Crippen molar-refractivity contribution >= 4 is 17.6 Å². The Labute approximate surface area is 160 Å². The van der Waals surface area contributed by atoms with Gasteiger partial charge in [-0.05, 0) is 37.6 Å². The van der Waals surface area contributed by atoms with E-state index in [4.69, 9.17) is 16.3 Å². The highest BCUT2D eigenvalue weighted by molar-refractivity contribution is 6.30. The molecule has 1 aromatic rings. The first kappa shape index (κ1) is 19.4. The van der Waals surface area contributed by atoms with Crippen LogP contribution < -0.4 is 10.6 Å². The molecular formula is C19H29ClN4O2. The number of amides is 2. The molecule has 2 heterocycles. The molecule has 0 aliphatic carbocycles. The molecular weight excluding hydrogens is 352 g/mol. The van der Waals surface area contributed by atoms with Crippen molar-refractivity contribution in [3.63, 3.8) is 0 Å². The zero-order valence-electron chi connectivity index (χ0n) is 15.4. The van der Waals surface area contributed by atoms with Gasteiger partial charge in [-0.25, -0.2) is 4.79 Å². The molecule has 2 fully saturated rings. The van der Waals surface area contributed by atoms with Gasteiger partial charge >= 0.3 is 6.03 Å². The average Bonchev–Trinajstić information content (AvgIpc) is 2.65. The molecule has 2 saturated heterocycles. The summed E-state index contributed by atoms with van der Waals surface area (Å²) < 4.78 is 5.34. The van der Waals surface area contributed by atoms with Gasteiger partial charge in [0, 0.05) is 57.0 Å². The number of hydrogen-bond acceptors (Lipinski definition) is 4. The van der Waals surface area contributed by atoms with Crippen molar-refractivity contribution in [1.82, 2.24) is 20.4 Å². The van der Waals surface area contributed by atoms with Gasteiger partial charge in [-0.1, -0.05) is 23.7 Å². The van der Waals surface area contributed by atoms with Crippen molar-refractivity contribution in [3.05, 3.63) is 34.9 Å². The van der Waals surface area contributed by atoms with Gasteiger partial charge in [0.25, 0.3) is 0 Å². The van der Waals surface area contributed by atoms with Crippen molar-refractivity contribution < 1.29 is 9.53 Å². The Kier molecular flexibility index (Phi) is 7.14. The SMILES string of the molecule is CN1CCN(C(CNC(=O)NC2CCOCC2)c2ccc(Cl)cc2)CC1. The number of rotatable bonds is 5. The highest BCUT2D eigenvalue weighted by Gasteiger charge is 2.25. The summed E-state index contributed by atoms with van der Waals surface area (Å²) in [6.45, 7) is 6.09. The standard InChI is InChI=1S/C19H29ClN4O2/c1-23-8-10-24(11-9-23)18(15-2-4-16(20)5-3-15)14-21-19(25)22-17-6-12-26-13-7-17/h2-5,17-18H,6-14H2,1H3,(H2,21,22,25). The first-order chi connectivity index (χ1) is 12.6. The zero-order valence-corrected chi connectivity index (χ0v) is 16.2. The number of ether oxygens (including phenoxy) is 1. The van der Waals surface area contributed by atoms with Crippen molar-refractivity contribution in [2.24, 2.45) is 0 Å². The van der Waals surface area contributed by atoms with E-state index in [0.717, 1.165) is 57.3 Å². The molecule has 1 unspecified atom stereocenters. The van der Waals surface area contributed by atoms with Gasteiger partial charge in [0.05, 0.1) is 6.04 Å². The number of carbonyl (C=O) groups excluding carboxylic acids is 1. The van der Waals surface area contributed by atoms with E-state index in [-0.39, 0.29) is 18.1 Å². The summed E-state index contributed by atoms with van der Waals surface area (Å²) >= 11 is 6.05. The normalized spacial score (nSPS) is 21.3. The summed E-state index contributed by atoms with van der Waals surface area (Å²) in [5, 5.41) is 6.87. The predicted molar refractivity (Wildman–Crippen MR) is 104 cm³/mol. The van der Waals surface area contributed by atoms with Crippen molar-refractivity contribution in [2.75, 3.05) is 53.0 Å². The molecule has 3 rings (SSSR count). The molecule has 1 aromatic carbocycles. The van der Waals surface area contributed by atoms with Crippen LogP contribution in [0.5, 0.6) is 0 Å². The summed E-state index contributed by atoms with van der Waals surface area (Å²) in [5.74, 6) is 0. The van der Waals surface area contributed by atoms with Gasteiger partial charge in [-0.15, -0.1) is 0 Å². The van der Waals surface area contributed by atoms with Gasteiger partial charge in [0.2, 0.25) is 0 Å². The van der Waals surface area contributed by atoms with Crippen molar-refractivity contribution in [2.45, 2.75) is 24.9 Å². The molecule has 2 amide bonds. The maximum Gasteiger partial charge on any atom is 0.315 e. The molecule has 7 heteroatoms. The van der Waals surface area contributed by atoms with Crippen LogP contribution in [0.25, 0.3) is 0 Å². The number of benzene rings is 1. The van der Waals surface area contributed by atoms with Crippen LogP contribution in [0.15, 0.2) is 24.3 Å². The van der Waals surface area contributed by atoms with Crippen LogP contribution in [0.2, 0.25) is 5.02 Å². The molecule has 2 aliphatic heterocycles. The van der Waals surface area contributed by atoms with Gasteiger partial charge in [-0.2, -0.15) is 0 Å². The molecule has 2 N–H and O–H groups in total. The van der Waals surface area contributed by atoms with Crippen LogP contribution in [-0.2, 0) is 4.74 Å². The molecule has 0 bridgehead atoms. The fraction of sp³-hybridized carbons (Fsp3) is 0.632. The Morgan fingerprint density at radius 2 is 1.85 bits per heavy atom. The molecule has 2 aliphatic rings. The Bertz CT molecular complexity index is 569. The van der Waals surface area contributed by atoms with Crippen LogP contribution in [0.3, 0.4) is 0 Å². The van der Waals surface area contributed by atoms with E-state index < -0.39 is 0 Å². The number of urea groups is 1. The number of halogens is 1. The van der Waals surface area contributed by atoms with Gasteiger partial charge in [-0.3, -0.25) is 4.90 Å². The van der Waals surface area contributed by atoms with Crippen LogP contribution in [0.1, 0.15) is 24.4 Å². The minimum atomic E-state index is -0.0926. The largest absolute Gasteiger partial charge is 0.381 e. The average molecular weight is 381 g/mol.